The van der Waals surface area contributed by atoms with E-state index in [1.54, 1.807) is 0 Å². The van der Waals surface area contributed by atoms with Crippen LogP contribution in [-0.2, 0) is 0 Å². The Balaban J connectivity index is 1.88. The zero-order valence-electron chi connectivity index (χ0n) is 13.4. The van der Waals surface area contributed by atoms with Crippen molar-refractivity contribution in [3.8, 4) is 6.07 Å². The van der Waals surface area contributed by atoms with Gasteiger partial charge in [-0.2, -0.15) is 5.26 Å². The van der Waals surface area contributed by atoms with Crippen LogP contribution in [0.15, 0.2) is 24.3 Å². The molecule has 1 aliphatic heterocycles. The first-order valence-corrected chi connectivity index (χ1v) is 7.75. The van der Waals surface area contributed by atoms with E-state index in [-0.39, 0.29) is 5.54 Å². The summed E-state index contributed by atoms with van der Waals surface area (Å²) in [6, 6.07) is 11.0. The number of para-hydroxylation sites is 2. The minimum Gasteiger partial charge on any atom is -0.371 e. The molecule has 21 heavy (non-hydrogen) atoms. The van der Waals surface area contributed by atoms with E-state index in [2.05, 4.69) is 52.5 Å². The fraction of sp³-hybridized carbons (Fsp3) is 0.588. The number of fused-ring (bicyclic) bond motifs is 1. The van der Waals surface area contributed by atoms with Crippen LogP contribution >= 0.6 is 0 Å². The molecule has 1 N–H and O–H groups in total. The highest BCUT2D eigenvalue weighted by atomic mass is 15.2. The number of anilines is 2. The first-order valence-electron chi connectivity index (χ1n) is 7.75. The highest BCUT2D eigenvalue weighted by Crippen LogP contribution is 2.31. The van der Waals surface area contributed by atoms with Gasteiger partial charge in [-0.15, -0.1) is 0 Å². The second-order valence-corrected chi connectivity index (χ2v) is 6.05. The topological polar surface area (TPSA) is 42.3 Å². The van der Waals surface area contributed by atoms with Gasteiger partial charge in [0.15, 0.2) is 0 Å². The molecule has 1 unspecified atom stereocenters. The van der Waals surface area contributed by atoms with Crippen LogP contribution in [0.1, 0.15) is 26.2 Å². The third kappa shape index (κ3) is 3.68. The van der Waals surface area contributed by atoms with Crippen LogP contribution in [0.25, 0.3) is 0 Å². The summed E-state index contributed by atoms with van der Waals surface area (Å²) in [6.45, 7) is 5.19. The lowest BCUT2D eigenvalue weighted by atomic mass is 9.97. The summed E-state index contributed by atoms with van der Waals surface area (Å²) in [5.74, 6) is 0. The van der Waals surface area contributed by atoms with Crippen molar-refractivity contribution in [2.24, 2.45) is 0 Å². The van der Waals surface area contributed by atoms with Gasteiger partial charge in [-0.25, -0.2) is 0 Å². The standard InChI is InChI=1S/C17H26N4/c1-17(14-18,19-2)10-6-7-11-21-13-12-20(3)15-8-4-5-9-16(15)21/h4-5,8-9,19H,6-7,10-13H2,1-3H3. The molecule has 1 aliphatic rings. The number of nitrogens with one attached hydrogen (secondary N) is 1. The molecule has 0 saturated heterocycles. The molecule has 0 spiro atoms. The largest absolute Gasteiger partial charge is 0.371 e. The predicted octanol–water partition coefficient (Wildman–Crippen LogP) is 2.61. The van der Waals surface area contributed by atoms with Crippen molar-refractivity contribution >= 4 is 11.4 Å². The van der Waals surface area contributed by atoms with Crippen LogP contribution < -0.4 is 15.1 Å². The number of nitriles is 1. The van der Waals surface area contributed by atoms with Gasteiger partial charge in [0.05, 0.1) is 17.4 Å². The van der Waals surface area contributed by atoms with Gasteiger partial charge < -0.3 is 15.1 Å². The molecule has 2 rings (SSSR count). The molecular formula is C17H26N4. The fourth-order valence-corrected chi connectivity index (χ4v) is 2.82. The summed E-state index contributed by atoms with van der Waals surface area (Å²) in [6.07, 6.45) is 3.09. The van der Waals surface area contributed by atoms with Gasteiger partial charge in [0.2, 0.25) is 0 Å². The molecule has 0 radical (unpaired) electrons. The molecule has 0 aromatic heterocycles. The molecule has 0 saturated carbocycles. The molecular weight excluding hydrogens is 260 g/mol. The SMILES string of the molecule is CNC(C)(C#N)CCCCN1CCN(C)c2ccccc21. The molecule has 4 heteroatoms. The summed E-state index contributed by atoms with van der Waals surface area (Å²) >= 11 is 0. The normalized spacial score (nSPS) is 17.0. The van der Waals surface area contributed by atoms with E-state index in [9.17, 15) is 0 Å². The van der Waals surface area contributed by atoms with Crippen LogP contribution in [0.5, 0.6) is 0 Å². The van der Waals surface area contributed by atoms with Crippen molar-refractivity contribution in [2.45, 2.75) is 31.7 Å². The molecule has 1 atom stereocenters. The minimum atomic E-state index is -0.389. The van der Waals surface area contributed by atoms with Crippen LogP contribution in [0.3, 0.4) is 0 Å². The van der Waals surface area contributed by atoms with Crippen molar-refractivity contribution in [1.29, 1.82) is 5.26 Å². The van der Waals surface area contributed by atoms with Crippen molar-refractivity contribution in [3.63, 3.8) is 0 Å². The van der Waals surface area contributed by atoms with Crippen LogP contribution in [0.2, 0.25) is 0 Å². The highest BCUT2D eigenvalue weighted by Gasteiger charge is 2.22. The van der Waals surface area contributed by atoms with Crippen molar-refractivity contribution in [3.05, 3.63) is 24.3 Å². The fourth-order valence-electron chi connectivity index (χ4n) is 2.82. The molecule has 0 fully saturated rings. The van der Waals surface area contributed by atoms with Gasteiger partial charge in [0, 0.05) is 26.7 Å². The van der Waals surface area contributed by atoms with Crippen molar-refractivity contribution in [2.75, 3.05) is 43.5 Å². The average molecular weight is 286 g/mol. The maximum absolute atomic E-state index is 9.16. The zero-order chi connectivity index (χ0) is 15.3. The van der Waals surface area contributed by atoms with E-state index in [0.29, 0.717) is 0 Å². The van der Waals surface area contributed by atoms with Gasteiger partial charge in [-0.05, 0) is 45.4 Å². The maximum atomic E-state index is 9.16. The Labute approximate surface area is 128 Å². The van der Waals surface area contributed by atoms with Gasteiger partial charge in [-0.3, -0.25) is 0 Å². The third-order valence-electron chi connectivity index (χ3n) is 4.49. The second-order valence-electron chi connectivity index (χ2n) is 6.05. The van der Waals surface area contributed by atoms with E-state index in [1.165, 1.54) is 11.4 Å². The molecule has 1 aromatic rings. The van der Waals surface area contributed by atoms with E-state index in [4.69, 9.17) is 5.26 Å². The Morgan fingerprint density at radius 3 is 2.62 bits per heavy atom. The zero-order valence-corrected chi connectivity index (χ0v) is 13.4. The minimum absolute atomic E-state index is 0.389. The quantitative estimate of drug-likeness (QED) is 0.816. The molecule has 0 aliphatic carbocycles. The summed E-state index contributed by atoms with van der Waals surface area (Å²) in [5, 5.41) is 12.3. The van der Waals surface area contributed by atoms with Crippen LogP contribution in [-0.4, -0.2) is 39.3 Å². The van der Waals surface area contributed by atoms with E-state index < -0.39 is 0 Å². The number of nitrogens with zero attached hydrogens (tertiary/aromatic N) is 3. The molecule has 0 amide bonds. The van der Waals surface area contributed by atoms with Gasteiger partial charge in [-0.1, -0.05) is 12.1 Å². The van der Waals surface area contributed by atoms with E-state index in [0.717, 1.165) is 38.9 Å². The molecule has 4 nitrogen and oxygen atoms in total. The Kier molecular flexibility index (Phi) is 5.08. The maximum Gasteiger partial charge on any atom is 0.103 e. The number of likely N-dealkylation sites (N-methyl/N-ethyl adjacent to an activating group) is 1. The first kappa shape index (κ1) is 15.7. The number of rotatable bonds is 6. The average Bonchev–Trinajstić information content (AvgIpc) is 2.53. The smallest absolute Gasteiger partial charge is 0.103 e. The predicted molar refractivity (Wildman–Crippen MR) is 88.9 cm³/mol. The molecule has 1 aromatic carbocycles. The number of benzene rings is 1. The third-order valence-corrected chi connectivity index (χ3v) is 4.49. The van der Waals surface area contributed by atoms with E-state index in [1.807, 2.05) is 14.0 Å². The molecule has 114 valence electrons. The van der Waals surface area contributed by atoms with Gasteiger partial charge in [0.25, 0.3) is 0 Å². The summed E-state index contributed by atoms with van der Waals surface area (Å²) in [4.78, 5) is 4.79. The summed E-state index contributed by atoms with van der Waals surface area (Å²) in [5.41, 5.74) is 2.27. The Morgan fingerprint density at radius 2 is 1.95 bits per heavy atom. The lowest BCUT2D eigenvalue weighted by Crippen LogP contribution is -2.40. The Morgan fingerprint density at radius 1 is 1.24 bits per heavy atom. The Hall–Kier alpha value is -1.73. The highest BCUT2D eigenvalue weighted by molar-refractivity contribution is 5.72. The van der Waals surface area contributed by atoms with E-state index >= 15 is 0 Å². The first-order chi connectivity index (χ1) is 10.1. The number of unbranched alkanes of at least 4 members (excludes halogenated alkanes) is 1. The van der Waals surface area contributed by atoms with Gasteiger partial charge in [0.1, 0.15) is 5.54 Å². The van der Waals surface area contributed by atoms with Crippen molar-refractivity contribution < 1.29 is 0 Å². The Bertz CT molecular complexity index is 508. The monoisotopic (exact) mass is 286 g/mol. The molecule has 1 heterocycles. The van der Waals surface area contributed by atoms with Crippen LogP contribution in [0, 0.1) is 11.3 Å². The van der Waals surface area contributed by atoms with Crippen molar-refractivity contribution in [1.82, 2.24) is 5.32 Å². The number of hydrogen-bond acceptors (Lipinski definition) is 4. The summed E-state index contributed by atoms with van der Waals surface area (Å²) in [7, 11) is 4.02. The van der Waals surface area contributed by atoms with Gasteiger partial charge >= 0.3 is 0 Å². The number of hydrogen-bond donors (Lipinski definition) is 1. The van der Waals surface area contributed by atoms with Crippen LogP contribution in [0.4, 0.5) is 11.4 Å². The molecule has 0 bridgehead atoms. The lowest BCUT2D eigenvalue weighted by molar-refractivity contribution is 0.433. The summed E-state index contributed by atoms with van der Waals surface area (Å²) < 4.78 is 0. The second kappa shape index (κ2) is 6.82. The lowest BCUT2D eigenvalue weighted by Gasteiger charge is -2.37.